The van der Waals surface area contributed by atoms with Crippen LogP contribution in [0.1, 0.15) is 58.9 Å². The topological polar surface area (TPSA) is 81.2 Å². The minimum atomic E-state index is -0.761. The fourth-order valence-electron chi connectivity index (χ4n) is 7.51. The molecule has 3 aliphatic rings. The van der Waals surface area contributed by atoms with Gasteiger partial charge in [0.1, 0.15) is 6.04 Å². The molecule has 1 spiro atoms. The first-order valence-electron chi connectivity index (χ1n) is 15.0. The number of rotatable bonds is 14. The zero-order chi connectivity index (χ0) is 29.9. The van der Waals surface area contributed by atoms with Gasteiger partial charge >= 0.3 is 0 Å². The van der Waals surface area contributed by atoms with Gasteiger partial charge in [-0.05, 0) is 44.1 Å². The molecule has 8 heteroatoms. The van der Waals surface area contributed by atoms with Crippen molar-refractivity contribution in [3.05, 3.63) is 61.2 Å². The molecule has 3 aliphatic heterocycles. The first-order valence-corrected chi connectivity index (χ1v) is 15.9. The third-order valence-corrected chi connectivity index (χ3v) is 11.1. The van der Waals surface area contributed by atoms with Gasteiger partial charge in [0, 0.05) is 30.9 Å². The molecular weight excluding hydrogens is 534 g/mol. The minimum Gasteiger partial charge on any atom is -0.394 e. The van der Waals surface area contributed by atoms with Crippen LogP contribution < -0.4 is 0 Å². The van der Waals surface area contributed by atoms with E-state index in [1.165, 1.54) is 0 Å². The van der Waals surface area contributed by atoms with Gasteiger partial charge in [0.15, 0.2) is 0 Å². The molecule has 0 saturated carbocycles. The van der Waals surface area contributed by atoms with Gasteiger partial charge in [-0.15, -0.1) is 24.9 Å². The highest BCUT2D eigenvalue weighted by Gasteiger charge is 2.78. The minimum absolute atomic E-state index is 0.0219. The van der Waals surface area contributed by atoms with Crippen LogP contribution in [0.5, 0.6) is 0 Å². The molecule has 7 nitrogen and oxygen atoms in total. The second-order valence-corrected chi connectivity index (χ2v) is 14.4. The normalized spacial score (nSPS) is 29.0. The molecule has 224 valence electrons. The van der Waals surface area contributed by atoms with E-state index >= 15 is 0 Å². The second kappa shape index (κ2) is 12.7. The third kappa shape index (κ3) is 5.62. The van der Waals surface area contributed by atoms with Crippen molar-refractivity contribution in [2.45, 2.75) is 81.5 Å². The Kier molecular flexibility index (Phi) is 9.74. The number of amides is 3. The number of carbonyl (C=O) groups excluding carboxylic acids is 3. The van der Waals surface area contributed by atoms with E-state index in [1.54, 1.807) is 33.7 Å². The summed E-state index contributed by atoms with van der Waals surface area (Å²) in [5.74, 6) is -1.24. The summed E-state index contributed by atoms with van der Waals surface area (Å²) in [6.45, 7) is 17.6. The molecule has 41 heavy (non-hydrogen) atoms. The number of fused-ring (bicyclic) bond motifs is 1. The van der Waals surface area contributed by atoms with Gasteiger partial charge in [-0.2, -0.15) is 0 Å². The van der Waals surface area contributed by atoms with Gasteiger partial charge in [0.2, 0.25) is 17.7 Å². The summed E-state index contributed by atoms with van der Waals surface area (Å²) >= 11 is 1.68. The summed E-state index contributed by atoms with van der Waals surface area (Å²) in [6, 6.07) is 8.57. The molecule has 2 bridgehead atoms. The van der Waals surface area contributed by atoms with Crippen LogP contribution in [0.4, 0.5) is 0 Å². The van der Waals surface area contributed by atoms with Crippen molar-refractivity contribution < 1.29 is 19.5 Å². The summed E-state index contributed by atoms with van der Waals surface area (Å²) in [5.41, 5.74) is 0.997. The average molecular weight is 582 g/mol. The highest BCUT2D eigenvalue weighted by molar-refractivity contribution is 8.02. The monoisotopic (exact) mass is 581 g/mol. The number of nitrogens with zero attached hydrogens (tertiary/aromatic N) is 3. The Morgan fingerprint density at radius 3 is 2.37 bits per heavy atom. The van der Waals surface area contributed by atoms with Crippen LogP contribution in [-0.4, -0.2) is 85.3 Å². The molecule has 3 saturated heterocycles. The predicted molar refractivity (Wildman–Crippen MR) is 165 cm³/mol. The largest absolute Gasteiger partial charge is 0.394 e. The predicted octanol–water partition coefficient (Wildman–Crippen LogP) is 4.51. The Morgan fingerprint density at radius 2 is 1.78 bits per heavy atom. The zero-order valence-electron chi connectivity index (χ0n) is 25.1. The van der Waals surface area contributed by atoms with Gasteiger partial charge in [-0.1, -0.05) is 63.3 Å². The lowest BCUT2D eigenvalue weighted by Crippen LogP contribution is -2.57. The molecule has 1 N–H and O–H groups in total. The lowest BCUT2D eigenvalue weighted by atomic mass is 9.66. The fourth-order valence-corrected chi connectivity index (χ4v) is 9.84. The van der Waals surface area contributed by atoms with Gasteiger partial charge in [-0.3, -0.25) is 14.4 Å². The van der Waals surface area contributed by atoms with Crippen LogP contribution in [-0.2, 0) is 20.9 Å². The van der Waals surface area contributed by atoms with Crippen molar-refractivity contribution in [2.75, 3.05) is 26.2 Å². The highest BCUT2D eigenvalue weighted by Crippen LogP contribution is 2.72. The number of aliphatic hydroxyl groups is 1. The fraction of sp³-hybridized carbons (Fsp3) is 0.606. The molecule has 2 unspecified atom stereocenters. The second-order valence-electron chi connectivity index (χ2n) is 12.5. The Labute approximate surface area is 250 Å². The summed E-state index contributed by atoms with van der Waals surface area (Å²) in [6.07, 6.45) is 6.29. The molecule has 0 aromatic heterocycles. The van der Waals surface area contributed by atoms with E-state index in [-0.39, 0.29) is 30.2 Å². The molecule has 1 aromatic rings. The smallest absolute Gasteiger partial charge is 0.247 e. The van der Waals surface area contributed by atoms with E-state index in [1.807, 2.05) is 42.2 Å². The Bertz CT molecular complexity index is 1140. The number of likely N-dealkylation sites (tertiary alicyclic amines) is 1. The number of hydrogen-bond acceptors (Lipinski definition) is 5. The summed E-state index contributed by atoms with van der Waals surface area (Å²) < 4.78 is -1.17. The standard InChI is InChI=1S/C33H47N3O4S/c1-7-17-34(18-8-2)29(38)26-27-30(39)36(25(22-37)20-23(4)5)28(33(27)16-15-32(26,6)41-33)31(40)35(19-9-3)21-24-13-11-10-12-14-24/h7,9-14,23,25-28,37H,1,3,8,15-22H2,2,4-6H3/t25-,26-,27+,28?,32+,33?/m1/s1. The molecule has 3 fully saturated rings. The third-order valence-electron chi connectivity index (χ3n) is 9.09. The van der Waals surface area contributed by atoms with Crippen LogP contribution in [0.2, 0.25) is 0 Å². The maximum absolute atomic E-state index is 14.7. The van der Waals surface area contributed by atoms with Crippen molar-refractivity contribution in [2.24, 2.45) is 17.8 Å². The number of hydrogen-bond donors (Lipinski definition) is 1. The number of aliphatic hydroxyl groups excluding tert-OH is 1. The van der Waals surface area contributed by atoms with E-state index in [2.05, 4.69) is 33.9 Å². The Hall–Kier alpha value is -2.58. The van der Waals surface area contributed by atoms with E-state index in [4.69, 9.17) is 0 Å². The average Bonchev–Trinajstić information content (AvgIpc) is 3.51. The van der Waals surface area contributed by atoms with Crippen molar-refractivity contribution in [1.29, 1.82) is 0 Å². The van der Waals surface area contributed by atoms with Crippen molar-refractivity contribution in [3.63, 3.8) is 0 Å². The first kappa shape index (κ1) is 31.4. The number of carbonyl (C=O) groups is 3. The SMILES string of the molecule is C=CCN(Cc1ccccc1)C(=O)C1N([C@@H](CO)CC(C)C)C(=O)[C@@H]2[C@H](C(=O)N(CC=C)CCC)[C@]3(C)CCC12S3. The Balaban J connectivity index is 1.81. The molecule has 0 aliphatic carbocycles. The molecular formula is C33H47N3O4S. The summed E-state index contributed by atoms with van der Waals surface area (Å²) in [5, 5.41) is 10.6. The lowest BCUT2D eigenvalue weighted by Gasteiger charge is -2.40. The van der Waals surface area contributed by atoms with E-state index in [9.17, 15) is 19.5 Å². The molecule has 0 radical (unpaired) electrons. The molecule has 3 heterocycles. The Morgan fingerprint density at radius 1 is 1.12 bits per heavy atom. The number of benzene rings is 1. The quantitative estimate of drug-likeness (QED) is 0.327. The lowest BCUT2D eigenvalue weighted by molar-refractivity contribution is -0.148. The van der Waals surface area contributed by atoms with Crippen LogP contribution in [0.25, 0.3) is 0 Å². The van der Waals surface area contributed by atoms with Crippen molar-refractivity contribution in [3.8, 4) is 0 Å². The first-order chi connectivity index (χ1) is 19.6. The van der Waals surface area contributed by atoms with Crippen LogP contribution in [0, 0.1) is 17.8 Å². The molecule has 1 aromatic carbocycles. The van der Waals surface area contributed by atoms with E-state index in [0.717, 1.165) is 18.4 Å². The van der Waals surface area contributed by atoms with Crippen molar-refractivity contribution in [1.82, 2.24) is 14.7 Å². The van der Waals surface area contributed by atoms with E-state index < -0.39 is 33.4 Å². The van der Waals surface area contributed by atoms with Crippen LogP contribution in [0.3, 0.4) is 0 Å². The molecule has 4 rings (SSSR count). The van der Waals surface area contributed by atoms with Crippen LogP contribution >= 0.6 is 11.8 Å². The van der Waals surface area contributed by atoms with Gasteiger partial charge in [0.05, 0.1) is 29.2 Å². The van der Waals surface area contributed by atoms with E-state index in [0.29, 0.717) is 39.0 Å². The van der Waals surface area contributed by atoms with Gasteiger partial charge in [0.25, 0.3) is 0 Å². The molecule has 3 amide bonds. The summed E-state index contributed by atoms with van der Waals surface area (Å²) in [7, 11) is 0. The molecule has 6 atom stereocenters. The zero-order valence-corrected chi connectivity index (χ0v) is 25.9. The maximum atomic E-state index is 14.7. The van der Waals surface area contributed by atoms with Crippen molar-refractivity contribution >= 4 is 29.5 Å². The highest BCUT2D eigenvalue weighted by atomic mass is 32.2. The number of thioether (sulfide) groups is 1. The van der Waals surface area contributed by atoms with Gasteiger partial charge in [-0.25, -0.2) is 0 Å². The summed E-state index contributed by atoms with van der Waals surface area (Å²) in [4.78, 5) is 48.9. The maximum Gasteiger partial charge on any atom is 0.247 e. The van der Waals surface area contributed by atoms with Crippen LogP contribution in [0.15, 0.2) is 55.6 Å². The van der Waals surface area contributed by atoms with Gasteiger partial charge < -0.3 is 19.8 Å².